The topological polar surface area (TPSA) is 92.5 Å². The number of benzene rings is 1. The molecule has 1 aliphatic rings. The van der Waals surface area contributed by atoms with E-state index in [1.165, 1.54) is 36.4 Å². The number of carbonyl (C=O) groups excluding carboxylic acids is 3. The molecule has 0 radical (unpaired) electrons. The smallest absolute Gasteiger partial charge is 0.294 e. The minimum atomic E-state index is -0.578. The Morgan fingerprint density at radius 2 is 2.08 bits per heavy atom. The van der Waals surface area contributed by atoms with Crippen LogP contribution in [0.15, 0.2) is 39.8 Å². The number of rotatable bonds is 4. The summed E-state index contributed by atoms with van der Waals surface area (Å²) in [7, 11) is 0. The molecule has 7 nitrogen and oxygen atoms in total. The largest absolute Gasteiger partial charge is 0.360 e. The molecule has 1 saturated heterocycles. The van der Waals surface area contributed by atoms with E-state index in [0.717, 1.165) is 16.7 Å². The van der Waals surface area contributed by atoms with Crippen LogP contribution >= 0.6 is 11.8 Å². The predicted molar refractivity (Wildman–Crippen MR) is 88.9 cm³/mol. The molecule has 0 aliphatic carbocycles. The summed E-state index contributed by atoms with van der Waals surface area (Å²) in [6, 6.07) is 7.00. The standard InChI is InChI=1S/C16H12FN3O4S/c1-9-6-13(19-24-9)18-14(21)8-20-15(22)12(25-16(20)23)7-10-2-4-11(17)5-3-10/h2-7H,8H2,1H3,(H,18,19,21). The van der Waals surface area contributed by atoms with Crippen LogP contribution in [0.1, 0.15) is 11.3 Å². The van der Waals surface area contributed by atoms with Crippen LogP contribution in [0.3, 0.4) is 0 Å². The highest BCUT2D eigenvalue weighted by molar-refractivity contribution is 8.18. The Kier molecular flexibility index (Phi) is 4.66. The van der Waals surface area contributed by atoms with Crippen molar-refractivity contribution in [3.8, 4) is 0 Å². The molecule has 3 rings (SSSR count). The summed E-state index contributed by atoms with van der Waals surface area (Å²) in [4.78, 5) is 37.3. The second-order valence-corrected chi connectivity index (χ2v) is 6.18. The van der Waals surface area contributed by atoms with E-state index < -0.39 is 29.4 Å². The Bertz CT molecular complexity index is 876. The highest BCUT2D eigenvalue weighted by atomic mass is 32.2. The van der Waals surface area contributed by atoms with Gasteiger partial charge in [-0.1, -0.05) is 17.3 Å². The molecule has 0 atom stereocenters. The van der Waals surface area contributed by atoms with Gasteiger partial charge in [0.25, 0.3) is 11.1 Å². The molecule has 3 amide bonds. The molecule has 0 spiro atoms. The molecule has 1 aliphatic heterocycles. The van der Waals surface area contributed by atoms with Crippen LogP contribution in [0, 0.1) is 12.7 Å². The molecule has 0 bridgehead atoms. The first-order valence-electron chi connectivity index (χ1n) is 7.16. The number of anilines is 1. The minimum Gasteiger partial charge on any atom is -0.360 e. The number of hydrogen-bond acceptors (Lipinski definition) is 6. The zero-order valence-electron chi connectivity index (χ0n) is 13.0. The van der Waals surface area contributed by atoms with Crippen LogP contribution in [0.4, 0.5) is 15.0 Å². The van der Waals surface area contributed by atoms with Crippen molar-refractivity contribution in [2.45, 2.75) is 6.92 Å². The van der Waals surface area contributed by atoms with Gasteiger partial charge >= 0.3 is 0 Å². The minimum absolute atomic E-state index is 0.168. The average molecular weight is 361 g/mol. The Morgan fingerprint density at radius 1 is 1.36 bits per heavy atom. The van der Waals surface area contributed by atoms with Gasteiger partial charge in [0.05, 0.1) is 4.91 Å². The van der Waals surface area contributed by atoms with Crippen molar-refractivity contribution in [1.82, 2.24) is 10.1 Å². The van der Waals surface area contributed by atoms with E-state index >= 15 is 0 Å². The maximum atomic E-state index is 12.9. The van der Waals surface area contributed by atoms with Gasteiger partial charge in [-0.15, -0.1) is 0 Å². The summed E-state index contributed by atoms with van der Waals surface area (Å²) in [6.45, 7) is 1.23. The number of thioether (sulfide) groups is 1. The molecule has 1 fully saturated rings. The molecular weight excluding hydrogens is 349 g/mol. The van der Waals surface area contributed by atoms with Gasteiger partial charge in [0.1, 0.15) is 18.1 Å². The Balaban J connectivity index is 1.68. The molecule has 1 aromatic carbocycles. The summed E-state index contributed by atoms with van der Waals surface area (Å²) < 4.78 is 17.7. The van der Waals surface area contributed by atoms with Crippen LogP contribution < -0.4 is 5.32 Å². The summed E-state index contributed by atoms with van der Waals surface area (Å²) in [5.74, 6) is -0.825. The second kappa shape index (κ2) is 6.89. The SMILES string of the molecule is Cc1cc(NC(=O)CN2C(=O)SC(=Cc3ccc(F)cc3)C2=O)no1. The number of imide groups is 1. The van der Waals surface area contributed by atoms with E-state index in [-0.39, 0.29) is 10.7 Å². The first-order valence-corrected chi connectivity index (χ1v) is 7.98. The highest BCUT2D eigenvalue weighted by Crippen LogP contribution is 2.32. The zero-order valence-corrected chi connectivity index (χ0v) is 13.8. The summed E-state index contributed by atoms with van der Waals surface area (Å²) in [6.07, 6.45) is 1.48. The first kappa shape index (κ1) is 16.9. The fourth-order valence-corrected chi connectivity index (χ4v) is 2.94. The van der Waals surface area contributed by atoms with E-state index in [9.17, 15) is 18.8 Å². The van der Waals surface area contributed by atoms with E-state index in [1.807, 2.05) is 0 Å². The quantitative estimate of drug-likeness (QED) is 0.842. The number of nitrogens with one attached hydrogen (secondary N) is 1. The number of aromatic nitrogens is 1. The normalized spacial score (nSPS) is 15.9. The number of halogens is 1. The van der Waals surface area contributed by atoms with E-state index in [2.05, 4.69) is 10.5 Å². The summed E-state index contributed by atoms with van der Waals surface area (Å²) in [5.41, 5.74) is 0.578. The highest BCUT2D eigenvalue weighted by Gasteiger charge is 2.36. The fourth-order valence-electron chi connectivity index (χ4n) is 2.10. The molecule has 1 aromatic heterocycles. The van der Waals surface area contributed by atoms with E-state index in [4.69, 9.17) is 4.52 Å². The van der Waals surface area contributed by atoms with Crippen molar-refractivity contribution in [1.29, 1.82) is 0 Å². The Labute approximate surface area is 145 Å². The lowest BCUT2D eigenvalue weighted by molar-refractivity contribution is -0.127. The molecule has 2 aromatic rings. The average Bonchev–Trinajstić information content (AvgIpc) is 3.08. The molecular formula is C16H12FN3O4S. The van der Waals surface area contributed by atoms with Crippen LogP contribution in [0.25, 0.3) is 6.08 Å². The van der Waals surface area contributed by atoms with Crippen LogP contribution in [0.5, 0.6) is 0 Å². The maximum absolute atomic E-state index is 12.9. The third-order valence-electron chi connectivity index (χ3n) is 3.24. The van der Waals surface area contributed by atoms with Gasteiger partial charge < -0.3 is 9.84 Å². The monoisotopic (exact) mass is 361 g/mol. The number of hydrogen-bond donors (Lipinski definition) is 1. The van der Waals surface area contributed by atoms with Crippen molar-refractivity contribution >= 4 is 40.7 Å². The van der Waals surface area contributed by atoms with Gasteiger partial charge in [0.2, 0.25) is 5.91 Å². The maximum Gasteiger partial charge on any atom is 0.294 e. The lowest BCUT2D eigenvalue weighted by Gasteiger charge is -2.11. The van der Waals surface area contributed by atoms with Crippen molar-refractivity contribution in [2.75, 3.05) is 11.9 Å². The zero-order chi connectivity index (χ0) is 18.0. The number of amides is 3. The van der Waals surface area contributed by atoms with Gasteiger partial charge in [0.15, 0.2) is 5.82 Å². The van der Waals surface area contributed by atoms with Crippen LogP contribution in [-0.2, 0) is 9.59 Å². The predicted octanol–water partition coefficient (Wildman–Crippen LogP) is 2.80. The lowest BCUT2D eigenvalue weighted by atomic mass is 10.2. The summed E-state index contributed by atoms with van der Waals surface area (Å²) in [5, 5.41) is 5.49. The Morgan fingerprint density at radius 3 is 2.72 bits per heavy atom. The van der Waals surface area contributed by atoms with E-state index in [0.29, 0.717) is 11.3 Å². The number of aryl methyl sites for hydroxylation is 1. The van der Waals surface area contributed by atoms with Crippen LogP contribution in [-0.4, -0.2) is 33.7 Å². The van der Waals surface area contributed by atoms with Crippen molar-refractivity contribution in [2.24, 2.45) is 0 Å². The third kappa shape index (κ3) is 3.94. The van der Waals surface area contributed by atoms with E-state index in [1.54, 1.807) is 6.92 Å². The number of carbonyl (C=O) groups is 3. The Hall–Kier alpha value is -2.94. The molecule has 1 N–H and O–H groups in total. The first-order chi connectivity index (χ1) is 11.9. The lowest BCUT2D eigenvalue weighted by Crippen LogP contribution is -2.36. The third-order valence-corrected chi connectivity index (χ3v) is 4.15. The molecule has 9 heteroatoms. The second-order valence-electron chi connectivity index (χ2n) is 5.19. The molecule has 0 unspecified atom stereocenters. The fraction of sp³-hybridized carbons (Fsp3) is 0.125. The van der Waals surface area contributed by atoms with Gasteiger partial charge in [-0.25, -0.2) is 4.39 Å². The van der Waals surface area contributed by atoms with Crippen LogP contribution in [0.2, 0.25) is 0 Å². The van der Waals surface area contributed by atoms with Gasteiger partial charge in [-0.3, -0.25) is 19.3 Å². The van der Waals surface area contributed by atoms with Crippen molar-refractivity contribution in [3.63, 3.8) is 0 Å². The van der Waals surface area contributed by atoms with Crippen molar-refractivity contribution in [3.05, 3.63) is 52.4 Å². The van der Waals surface area contributed by atoms with Gasteiger partial charge in [0, 0.05) is 6.07 Å². The van der Waals surface area contributed by atoms with Gasteiger partial charge in [-0.2, -0.15) is 0 Å². The molecule has 0 saturated carbocycles. The molecule has 128 valence electrons. The summed E-state index contributed by atoms with van der Waals surface area (Å²) >= 11 is 0.724. The number of nitrogens with zero attached hydrogens (tertiary/aromatic N) is 2. The molecule has 2 heterocycles. The van der Waals surface area contributed by atoms with Gasteiger partial charge in [-0.05, 0) is 42.5 Å². The van der Waals surface area contributed by atoms with Crippen molar-refractivity contribution < 1.29 is 23.3 Å². The molecule has 25 heavy (non-hydrogen) atoms.